The number of benzene rings is 3. The third-order valence-corrected chi connectivity index (χ3v) is 6.86. The number of nitrogens with zero attached hydrogens (tertiary/aromatic N) is 5. The zero-order valence-corrected chi connectivity index (χ0v) is 22.0. The van der Waals surface area contributed by atoms with Crippen LogP contribution in [0.5, 0.6) is 5.75 Å². The van der Waals surface area contributed by atoms with Gasteiger partial charge in [-0.05, 0) is 70.6 Å². The standard InChI is InChI=1S/C30H32N6O2/c1-4-28(29-32-33-34-36(29)19-22-8-6-5-7-9-22)35(18-23-11-13-26(38-3)14-12-23)20-25-17-24-16-21(2)10-15-27(24)31-30(25)37/h5-17,28H,4,18-20H2,1-3H3,(H,31,37). The maximum atomic E-state index is 13.2. The van der Waals surface area contributed by atoms with E-state index < -0.39 is 0 Å². The van der Waals surface area contributed by atoms with E-state index >= 15 is 0 Å². The number of aromatic amines is 1. The zero-order valence-electron chi connectivity index (χ0n) is 22.0. The summed E-state index contributed by atoms with van der Waals surface area (Å²) in [6.45, 7) is 5.82. The first-order valence-corrected chi connectivity index (χ1v) is 12.8. The number of H-pyrrole nitrogens is 1. The number of aryl methyl sites for hydroxylation is 1. The van der Waals surface area contributed by atoms with Crippen molar-refractivity contribution < 1.29 is 4.74 Å². The fourth-order valence-electron chi connectivity index (χ4n) is 4.87. The first-order chi connectivity index (χ1) is 18.5. The number of fused-ring (bicyclic) bond motifs is 1. The summed E-state index contributed by atoms with van der Waals surface area (Å²) >= 11 is 0. The lowest BCUT2D eigenvalue weighted by atomic mass is 10.1. The van der Waals surface area contributed by atoms with Crippen molar-refractivity contribution in [2.75, 3.05) is 7.11 Å². The second-order valence-electron chi connectivity index (χ2n) is 9.57. The van der Waals surface area contributed by atoms with Crippen LogP contribution >= 0.6 is 0 Å². The summed E-state index contributed by atoms with van der Waals surface area (Å²) in [5.74, 6) is 1.58. The van der Waals surface area contributed by atoms with Crippen LogP contribution in [0.2, 0.25) is 0 Å². The summed E-state index contributed by atoms with van der Waals surface area (Å²) in [4.78, 5) is 18.5. The van der Waals surface area contributed by atoms with Crippen LogP contribution in [0, 0.1) is 6.92 Å². The van der Waals surface area contributed by atoms with E-state index in [-0.39, 0.29) is 11.6 Å². The van der Waals surface area contributed by atoms with Gasteiger partial charge in [0.15, 0.2) is 5.82 Å². The fraction of sp³-hybridized carbons (Fsp3) is 0.267. The van der Waals surface area contributed by atoms with Gasteiger partial charge in [-0.25, -0.2) is 4.68 Å². The maximum Gasteiger partial charge on any atom is 0.252 e. The Labute approximate surface area is 221 Å². The molecular formula is C30H32N6O2. The molecule has 0 spiro atoms. The summed E-state index contributed by atoms with van der Waals surface area (Å²) in [6, 6.07) is 26.1. The van der Waals surface area contributed by atoms with Gasteiger partial charge >= 0.3 is 0 Å². The van der Waals surface area contributed by atoms with Crippen LogP contribution < -0.4 is 10.3 Å². The Balaban J connectivity index is 1.52. The Morgan fingerprint density at radius 3 is 2.50 bits per heavy atom. The van der Waals surface area contributed by atoms with Crippen LogP contribution in [0.25, 0.3) is 10.9 Å². The van der Waals surface area contributed by atoms with Gasteiger partial charge in [-0.15, -0.1) is 5.10 Å². The molecule has 1 N–H and O–H groups in total. The molecule has 5 rings (SSSR count). The summed E-state index contributed by atoms with van der Waals surface area (Å²) in [7, 11) is 1.66. The van der Waals surface area contributed by atoms with Crippen LogP contribution in [0.4, 0.5) is 0 Å². The van der Waals surface area contributed by atoms with E-state index in [1.807, 2.05) is 53.2 Å². The SMILES string of the molecule is CCC(c1nnnn1Cc1ccccc1)N(Cc1ccc(OC)cc1)Cc1cc2cc(C)ccc2[nH]c1=O. The Bertz CT molecular complexity index is 1560. The van der Waals surface area contributed by atoms with Gasteiger partial charge in [0, 0.05) is 24.2 Å². The van der Waals surface area contributed by atoms with Crippen LogP contribution in [0.1, 0.15) is 47.5 Å². The molecule has 0 aliphatic rings. The van der Waals surface area contributed by atoms with Crippen molar-refractivity contribution in [3.63, 3.8) is 0 Å². The quantitative estimate of drug-likeness (QED) is 0.285. The Morgan fingerprint density at radius 1 is 0.974 bits per heavy atom. The number of rotatable bonds is 10. The number of hydrogen-bond donors (Lipinski definition) is 1. The molecule has 2 heterocycles. The number of tetrazole rings is 1. The minimum Gasteiger partial charge on any atom is -0.497 e. The van der Waals surface area contributed by atoms with E-state index in [0.717, 1.165) is 45.6 Å². The topological polar surface area (TPSA) is 88.9 Å². The molecular weight excluding hydrogens is 476 g/mol. The van der Waals surface area contributed by atoms with Crippen LogP contribution in [0.15, 0.2) is 83.7 Å². The first kappa shape index (κ1) is 25.4. The predicted molar refractivity (Wildman–Crippen MR) is 148 cm³/mol. The smallest absolute Gasteiger partial charge is 0.252 e. The number of hydrogen-bond acceptors (Lipinski definition) is 6. The molecule has 0 saturated carbocycles. The van der Waals surface area contributed by atoms with Gasteiger partial charge in [0.25, 0.3) is 5.56 Å². The van der Waals surface area contributed by atoms with Crippen molar-refractivity contribution in [1.82, 2.24) is 30.1 Å². The van der Waals surface area contributed by atoms with Gasteiger partial charge in [-0.2, -0.15) is 0 Å². The highest BCUT2D eigenvalue weighted by Crippen LogP contribution is 2.27. The maximum absolute atomic E-state index is 13.2. The molecule has 5 aromatic rings. The van der Waals surface area contributed by atoms with Crippen molar-refractivity contribution in [3.8, 4) is 5.75 Å². The van der Waals surface area contributed by atoms with Crippen molar-refractivity contribution in [1.29, 1.82) is 0 Å². The normalized spacial score (nSPS) is 12.2. The highest BCUT2D eigenvalue weighted by atomic mass is 16.5. The molecule has 0 amide bonds. The molecule has 194 valence electrons. The summed E-state index contributed by atoms with van der Waals surface area (Å²) in [6.07, 6.45) is 0.774. The molecule has 8 heteroatoms. The molecule has 1 atom stereocenters. The summed E-state index contributed by atoms with van der Waals surface area (Å²) < 4.78 is 7.21. The number of ether oxygens (including phenoxy) is 1. The molecule has 2 aromatic heterocycles. The minimum atomic E-state index is -0.108. The fourth-order valence-corrected chi connectivity index (χ4v) is 4.87. The second kappa shape index (κ2) is 11.4. The Kier molecular flexibility index (Phi) is 7.60. The van der Waals surface area contributed by atoms with Gasteiger partial charge in [0.1, 0.15) is 5.75 Å². The predicted octanol–water partition coefficient (Wildman–Crippen LogP) is 5.03. The molecule has 3 aromatic carbocycles. The average molecular weight is 509 g/mol. The lowest BCUT2D eigenvalue weighted by Crippen LogP contribution is -2.32. The summed E-state index contributed by atoms with van der Waals surface area (Å²) in [5, 5.41) is 13.8. The molecule has 0 bridgehead atoms. The van der Waals surface area contributed by atoms with Crippen LogP contribution in [-0.2, 0) is 19.6 Å². The van der Waals surface area contributed by atoms with Crippen molar-refractivity contribution in [2.24, 2.45) is 0 Å². The molecule has 0 saturated heterocycles. The van der Waals surface area contributed by atoms with Crippen molar-refractivity contribution >= 4 is 10.9 Å². The number of pyridine rings is 1. The molecule has 8 nitrogen and oxygen atoms in total. The molecule has 0 fully saturated rings. The largest absolute Gasteiger partial charge is 0.497 e. The van der Waals surface area contributed by atoms with Gasteiger partial charge in [-0.1, -0.05) is 61.0 Å². The van der Waals surface area contributed by atoms with E-state index in [1.54, 1.807) is 7.11 Å². The monoisotopic (exact) mass is 508 g/mol. The first-order valence-electron chi connectivity index (χ1n) is 12.8. The van der Waals surface area contributed by atoms with E-state index in [0.29, 0.717) is 25.2 Å². The number of methoxy groups -OCH3 is 1. The molecule has 0 aliphatic carbocycles. The van der Waals surface area contributed by atoms with Gasteiger partial charge in [-0.3, -0.25) is 9.69 Å². The zero-order chi connectivity index (χ0) is 26.5. The van der Waals surface area contributed by atoms with E-state index in [4.69, 9.17) is 4.74 Å². The molecule has 1 unspecified atom stereocenters. The Hall–Kier alpha value is -4.30. The van der Waals surface area contributed by atoms with Crippen molar-refractivity contribution in [3.05, 3.63) is 117 Å². The third kappa shape index (κ3) is 5.65. The van der Waals surface area contributed by atoms with Crippen LogP contribution in [0.3, 0.4) is 0 Å². The number of aromatic nitrogens is 5. The number of nitrogens with one attached hydrogen (secondary N) is 1. The van der Waals surface area contributed by atoms with E-state index in [9.17, 15) is 4.79 Å². The van der Waals surface area contributed by atoms with Gasteiger partial charge < -0.3 is 9.72 Å². The second-order valence-corrected chi connectivity index (χ2v) is 9.57. The van der Waals surface area contributed by atoms with E-state index in [2.05, 4.69) is 69.6 Å². The minimum absolute atomic E-state index is 0.0835. The van der Waals surface area contributed by atoms with E-state index in [1.165, 1.54) is 0 Å². The average Bonchev–Trinajstić information content (AvgIpc) is 3.38. The molecule has 38 heavy (non-hydrogen) atoms. The highest BCUT2D eigenvalue weighted by molar-refractivity contribution is 5.79. The van der Waals surface area contributed by atoms with Crippen LogP contribution in [-0.4, -0.2) is 37.2 Å². The van der Waals surface area contributed by atoms with Gasteiger partial charge in [0.05, 0.1) is 19.7 Å². The lowest BCUT2D eigenvalue weighted by Gasteiger charge is -2.30. The third-order valence-electron chi connectivity index (χ3n) is 6.86. The lowest BCUT2D eigenvalue weighted by molar-refractivity contribution is 0.161. The summed E-state index contributed by atoms with van der Waals surface area (Å²) in [5.41, 5.74) is 4.84. The van der Waals surface area contributed by atoms with Crippen molar-refractivity contribution in [2.45, 2.75) is 45.9 Å². The highest BCUT2D eigenvalue weighted by Gasteiger charge is 2.26. The van der Waals surface area contributed by atoms with Gasteiger partial charge in [0.2, 0.25) is 0 Å². The molecule has 0 aliphatic heterocycles. The molecule has 0 radical (unpaired) electrons. The Morgan fingerprint density at radius 2 is 1.76 bits per heavy atom.